The van der Waals surface area contributed by atoms with Gasteiger partial charge in [-0.3, -0.25) is 10.1 Å². The Morgan fingerprint density at radius 2 is 2.44 bits per heavy atom. The average Bonchev–Trinajstić information content (AvgIpc) is 2.24. The maximum Gasteiger partial charge on any atom is 0.238 e. The van der Waals surface area contributed by atoms with E-state index in [2.05, 4.69) is 21.5 Å². The van der Waals surface area contributed by atoms with Gasteiger partial charge in [0.25, 0.3) is 0 Å². The van der Waals surface area contributed by atoms with Crippen LogP contribution in [0, 0.1) is 19.3 Å². The molecule has 0 bridgehead atoms. The molecule has 0 aliphatic rings. The molecule has 0 radical (unpaired) electrons. The van der Waals surface area contributed by atoms with Gasteiger partial charge in [-0.2, -0.15) is 0 Å². The van der Waals surface area contributed by atoms with Gasteiger partial charge in [0, 0.05) is 0 Å². The molecule has 0 unspecified atom stereocenters. The number of halogens is 1. The molecular formula is C11H12ClN3O. The lowest BCUT2D eigenvalue weighted by molar-refractivity contribution is -0.115. The van der Waals surface area contributed by atoms with Crippen molar-refractivity contribution in [1.82, 2.24) is 10.3 Å². The van der Waals surface area contributed by atoms with Crippen LogP contribution in [0.25, 0.3) is 0 Å². The highest BCUT2D eigenvalue weighted by atomic mass is 35.5. The second-order valence-electron chi connectivity index (χ2n) is 3.19. The Bertz CT molecular complexity index is 426. The number of pyridine rings is 1. The second-order valence-corrected chi connectivity index (χ2v) is 3.55. The van der Waals surface area contributed by atoms with Crippen molar-refractivity contribution in [3.8, 4) is 12.3 Å². The highest BCUT2D eigenvalue weighted by Crippen LogP contribution is 2.15. The lowest BCUT2D eigenvalue weighted by Crippen LogP contribution is -2.28. The van der Waals surface area contributed by atoms with Gasteiger partial charge >= 0.3 is 0 Å². The second kappa shape index (κ2) is 6.11. The van der Waals surface area contributed by atoms with Gasteiger partial charge in [0.15, 0.2) is 0 Å². The molecule has 0 spiro atoms. The van der Waals surface area contributed by atoms with E-state index in [1.165, 1.54) is 6.20 Å². The number of amides is 1. The van der Waals surface area contributed by atoms with Gasteiger partial charge in [-0.05, 0) is 18.6 Å². The van der Waals surface area contributed by atoms with Gasteiger partial charge in [0.05, 0.1) is 25.0 Å². The minimum absolute atomic E-state index is 0.168. The first-order chi connectivity index (χ1) is 7.63. The molecule has 5 heteroatoms. The van der Waals surface area contributed by atoms with E-state index in [4.69, 9.17) is 18.0 Å². The Morgan fingerprint density at radius 1 is 1.69 bits per heavy atom. The van der Waals surface area contributed by atoms with Crippen LogP contribution in [0.1, 0.15) is 5.56 Å². The normalized spacial score (nSPS) is 9.56. The molecule has 0 aromatic carbocycles. The van der Waals surface area contributed by atoms with Crippen LogP contribution >= 0.6 is 11.6 Å². The zero-order chi connectivity index (χ0) is 12.0. The van der Waals surface area contributed by atoms with Gasteiger partial charge < -0.3 is 5.32 Å². The summed E-state index contributed by atoms with van der Waals surface area (Å²) in [6.07, 6.45) is 6.54. The molecule has 2 N–H and O–H groups in total. The Labute approximate surface area is 99.4 Å². The van der Waals surface area contributed by atoms with E-state index in [0.717, 1.165) is 5.56 Å². The molecule has 1 aromatic heterocycles. The standard InChI is InChI=1S/C11H12ClN3O/c1-3-4-13-7-10(16)15-9-5-8(2)11(12)14-6-9/h1,5-6,13H,4,7H2,2H3,(H,15,16). The predicted molar refractivity (Wildman–Crippen MR) is 64.3 cm³/mol. The molecule has 0 aliphatic carbocycles. The summed E-state index contributed by atoms with van der Waals surface area (Å²) in [6, 6.07) is 1.76. The summed E-state index contributed by atoms with van der Waals surface area (Å²) in [7, 11) is 0. The summed E-state index contributed by atoms with van der Waals surface area (Å²) in [5.74, 6) is 2.21. The summed E-state index contributed by atoms with van der Waals surface area (Å²) >= 11 is 5.76. The number of nitrogens with zero attached hydrogens (tertiary/aromatic N) is 1. The van der Waals surface area contributed by atoms with Crippen LogP contribution in [-0.2, 0) is 4.79 Å². The Morgan fingerprint density at radius 3 is 3.06 bits per heavy atom. The molecule has 1 rings (SSSR count). The number of terminal acetylenes is 1. The monoisotopic (exact) mass is 237 g/mol. The summed E-state index contributed by atoms with van der Waals surface area (Å²) in [4.78, 5) is 15.3. The molecule has 0 aliphatic heterocycles. The smallest absolute Gasteiger partial charge is 0.238 e. The Kier molecular flexibility index (Phi) is 4.77. The highest BCUT2D eigenvalue weighted by Gasteiger charge is 2.03. The quantitative estimate of drug-likeness (QED) is 0.470. The van der Waals surface area contributed by atoms with Crippen molar-refractivity contribution >= 4 is 23.2 Å². The Balaban J connectivity index is 2.50. The number of anilines is 1. The summed E-state index contributed by atoms with van der Waals surface area (Å²) in [5.41, 5.74) is 1.44. The largest absolute Gasteiger partial charge is 0.324 e. The van der Waals surface area contributed by atoms with Gasteiger partial charge in [-0.25, -0.2) is 4.98 Å². The highest BCUT2D eigenvalue weighted by molar-refractivity contribution is 6.30. The molecular weight excluding hydrogens is 226 g/mol. The molecule has 4 nitrogen and oxygen atoms in total. The van der Waals surface area contributed by atoms with Crippen LogP contribution in [0.4, 0.5) is 5.69 Å². The van der Waals surface area contributed by atoms with Crippen LogP contribution in [0.15, 0.2) is 12.3 Å². The SMILES string of the molecule is C#CCNCC(=O)Nc1cnc(Cl)c(C)c1. The van der Waals surface area contributed by atoms with Crippen molar-refractivity contribution in [3.05, 3.63) is 23.0 Å². The van der Waals surface area contributed by atoms with Crippen molar-refractivity contribution in [2.24, 2.45) is 0 Å². The first kappa shape index (κ1) is 12.5. The van der Waals surface area contributed by atoms with E-state index in [1.807, 2.05) is 6.92 Å². The molecule has 1 amide bonds. The van der Waals surface area contributed by atoms with E-state index in [0.29, 0.717) is 17.4 Å². The van der Waals surface area contributed by atoms with Crippen molar-refractivity contribution < 1.29 is 4.79 Å². The summed E-state index contributed by atoms with van der Waals surface area (Å²) < 4.78 is 0. The number of carbonyl (C=O) groups is 1. The molecule has 0 saturated heterocycles. The van der Waals surface area contributed by atoms with E-state index >= 15 is 0 Å². The zero-order valence-corrected chi connectivity index (χ0v) is 9.64. The van der Waals surface area contributed by atoms with Gasteiger partial charge in [-0.15, -0.1) is 6.42 Å². The van der Waals surface area contributed by atoms with Crippen molar-refractivity contribution in [1.29, 1.82) is 0 Å². The van der Waals surface area contributed by atoms with Crippen molar-refractivity contribution in [2.45, 2.75) is 6.92 Å². The maximum atomic E-state index is 11.4. The average molecular weight is 238 g/mol. The lowest BCUT2D eigenvalue weighted by Gasteiger charge is -2.06. The summed E-state index contributed by atoms with van der Waals surface area (Å²) in [5, 5.41) is 5.90. The van der Waals surface area contributed by atoms with Crippen LogP contribution in [0.2, 0.25) is 5.15 Å². The fourth-order valence-corrected chi connectivity index (χ4v) is 1.18. The molecule has 1 aromatic rings. The molecule has 0 atom stereocenters. The number of nitrogens with one attached hydrogen (secondary N) is 2. The third kappa shape index (κ3) is 3.89. The number of aromatic nitrogens is 1. The van der Waals surface area contributed by atoms with Crippen LogP contribution in [0.5, 0.6) is 0 Å². The number of aryl methyl sites for hydroxylation is 1. The number of hydrogen-bond acceptors (Lipinski definition) is 3. The predicted octanol–water partition coefficient (Wildman–Crippen LogP) is 1.20. The van der Waals surface area contributed by atoms with Gasteiger partial charge in [0.1, 0.15) is 5.15 Å². The molecule has 0 fully saturated rings. The van der Waals surface area contributed by atoms with Crippen LogP contribution < -0.4 is 10.6 Å². The van der Waals surface area contributed by atoms with Gasteiger partial charge in [0.2, 0.25) is 5.91 Å². The van der Waals surface area contributed by atoms with Gasteiger partial charge in [-0.1, -0.05) is 17.5 Å². The third-order valence-electron chi connectivity index (χ3n) is 1.81. The first-order valence-corrected chi connectivity index (χ1v) is 5.07. The van der Waals surface area contributed by atoms with E-state index in [9.17, 15) is 4.79 Å². The number of hydrogen-bond donors (Lipinski definition) is 2. The number of carbonyl (C=O) groups excluding carboxylic acids is 1. The maximum absolute atomic E-state index is 11.4. The Hall–Kier alpha value is -1.57. The molecule has 0 saturated carbocycles. The zero-order valence-electron chi connectivity index (χ0n) is 8.88. The molecule has 1 heterocycles. The lowest BCUT2D eigenvalue weighted by atomic mass is 10.3. The minimum atomic E-state index is -0.168. The van der Waals surface area contributed by atoms with Crippen LogP contribution in [-0.4, -0.2) is 24.0 Å². The first-order valence-electron chi connectivity index (χ1n) is 4.69. The third-order valence-corrected chi connectivity index (χ3v) is 2.21. The van der Waals surface area contributed by atoms with E-state index in [1.54, 1.807) is 6.07 Å². The number of rotatable bonds is 4. The minimum Gasteiger partial charge on any atom is -0.324 e. The van der Waals surface area contributed by atoms with Crippen molar-refractivity contribution in [2.75, 3.05) is 18.4 Å². The van der Waals surface area contributed by atoms with E-state index in [-0.39, 0.29) is 12.5 Å². The fraction of sp³-hybridized carbons (Fsp3) is 0.273. The van der Waals surface area contributed by atoms with Crippen molar-refractivity contribution in [3.63, 3.8) is 0 Å². The fourth-order valence-electron chi connectivity index (χ4n) is 1.08. The topological polar surface area (TPSA) is 54.0 Å². The van der Waals surface area contributed by atoms with Crippen LogP contribution in [0.3, 0.4) is 0 Å². The molecule has 84 valence electrons. The van der Waals surface area contributed by atoms with E-state index < -0.39 is 0 Å². The molecule has 16 heavy (non-hydrogen) atoms. The summed E-state index contributed by atoms with van der Waals surface area (Å²) in [6.45, 7) is 2.36.